The zero-order valence-corrected chi connectivity index (χ0v) is 15.1. The Bertz CT molecular complexity index is 718. The third kappa shape index (κ3) is 5.90. The minimum absolute atomic E-state index is 0.0642. The van der Waals surface area contributed by atoms with E-state index in [1.54, 1.807) is 24.3 Å². The van der Waals surface area contributed by atoms with Gasteiger partial charge < -0.3 is 10.6 Å². The fraction of sp³-hybridized carbons (Fsp3) is 0.375. The molecule has 0 fully saturated rings. The Kier molecular flexibility index (Phi) is 6.69. The second-order valence-corrected chi connectivity index (χ2v) is 7.14. The lowest BCUT2D eigenvalue weighted by Crippen LogP contribution is -2.17. The maximum atomic E-state index is 11.9. The zero-order chi connectivity index (χ0) is 17.5. The fourth-order valence-corrected chi connectivity index (χ4v) is 3.07. The lowest BCUT2D eigenvalue weighted by molar-refractivity contribution is -0.121. The smallest absolute Gasteiger partial charge is 0.226 e. The van der Waals surface area contributed by atoms with Crippen molar-refractivity contribution >= 4 is 45.6 Å². The minimum Gasteiger partial charge on any atom is -0.325 e. The fourth-order valence-electron chi connectivity index (χ4n) is 1.92. The van der Waals surface area contributed by atoms with Gasteiger partial charge in [0.15, 0.2) is 0 Å². The molecule has 8 heteroatoms. The lowest BCUT2D eigenvalue weighted by Gasteiger charge is -2.06. The molecule has 0 unspecified atom stereocenters. The SMILES string of the molecule is CC(C)Cc1nnc(NC(=O)CCC(=O)Nc2ccccc2Cl)s1. The van der Waals surface area contributed by atoms with Crippen LogP contribution in [0.1, 0.15) is 31.7 Å². The number of halogens is 1. The number of para-hydroxylation sites is 1. The van der Waals surface area contributed by atoms with Crippen molar-refractivity contribution in [3.05, 3.63) is 34.3 Å². The lowest BCUT2D eigenvalue weighted by atomic mass is 10.1. The molecule has 2 aromatic rings. The number of carbonyl (C=O) groups is 2. The van der Waals surface area contributed by atoms with Gasteiger partial charge in [0.25, 0.3) is 0 Å². The first-order chi connectivity index (χ1) is 11.4. The third-order valence-corrected chi connectivity index (χ3v) is 4.21. The maximum absolute atomic E-state index is 11.9. The first-order valence-corrected chi connectivity index (χ1v) is 8.80. The van der Waals surface area contributed by atoms with Crippen molar-refractivity contribution < 1.29 is 9.59 Å². The van der Waals surface area contributed by atoms with Crippen LogP contribution in [-0.2, 0) is 16.0 Å². The number of aromatic nitrogens is 2. The van der Waals surface area contributed by atoms with Gasteiger partial charge in [-0.25, -0.2) is 0 Å². The van der Waals surface area contributed by atoms with E-state index in [0.29, 0.717) is 21.8 Å². The van der Waals surface area contributed by atoms with Gasteiger partial charge in [-0.05, 0) is 18.1 Å². The van der Waals surface area contributed by atoms with Crippen LogP contribution in [0.25, 0.3) is 0 Å². The summed E-state index contributed by atoms with van der Waals surface area (Å²) in [7, 11) is 0. The maximum Gasteiger partial charge on any atom is 0.226 e. The molecule has 2 amide bonds. The molecule has 0 saturated heterocycles. The number of amides is 2. The van der Waals surface area contributed by atoms with Crippen LogP contribution in [0.4, 0.5) is 10.8 Å². The van der Waals surface area contributed by atoms with Crippen LogP contribution < -0.4 is 10.6 Å². The van der Waals surface area contributed by atoms with Crippen LogP contribution in [0, 0.1) is 5.92 Å². The van der Waals surface area contributed by atoms with Crippen LogP contribution in [-0.4, -0.2) is 22.0 Å². The number of hydrogen-bond donors (Lipinski definition) is 2. The van der Waals surface area contributed by atoms with Gasteiger partial charge in [-0.2, -0.15) is 0 Å². The Morgan fingerprint density at radius 2 is 1.79 bits per heavy atom. The third-order valence-electron chi connectivity index (χ3n) is 3.02. The average molecular weight is 367 g/mol. The number of nitrogens with zero attached hydrogens (tertiary/aromatic N) is 2. The van der Waals surface area contributed by atoms with Gasteiger partial charge >= 0.3 is 0 Å². The summed E-state index contributed by atoms with van der Waals surface area (Å²) >= 11 is 7.32. The van der Waals surface area contributed by atoms with E-state index < -0.39 is 0 Å². The summed E-state index contributed by atoms with van der Waals surface area (Å²) < 4.78 is 0. The van der Waals surface area contributed by atoms with Gasteiger partial charge in [0.1, 0.15) is 5.01 Å². The van der Waals surface area contributed by atoms with E-state index in [4.69, 9.17) is 11.6 Å². The molecule has 2 rings (SSSR count). The Hall–Kier alpha value is -1.99. The highest BCUT2D eigenvalue weighted by Crippen LogP contribution is 2.21. The molecule has 128 valence electrons. The molecule has 0 saturated carbocycles. The summed E-state index contributed by atoms with van der Waals surface area (Å²) in [5.41, 5.74) is 0.534. The van der Waals surface area contributed by atoms with Crippen LogP contribution in [0.15, 0.2) is 24.3 Å². The Labute approximate surface area is 149 Å². The van der Waals surface area contributed by atoms with Crippen molar-refractivity contribution in [3.63, 3.8) is 0 Å². The Balaban J connectivity index is 1.77. The van der Waals surface area contributed by atoms with E-state index in [-0.39, 0.29) is 24.7 Å². The second kappa shape index (κ2) is 8.75. The van der Waals surface area contributed by atoms with E-state index in [1.807, 2.05) is 0 Å². The highest BCUT2D eigenvalue weighted by molar-refractivity contribution is 7.15. The van der Waals surface area contributed by atoms with Gasteiger partial charge in [-0.15, -0.1) is 10.2 Å². The van der Waals surface area contributed by atoms with Crippen molar-refractivity contribution in [3.8, 4) is 0 Å². The first kappa shape index (κ1) is 18.4. The monoisotopic (exact) mass is 366 g/mol. The second-order valence-electron chi connectivity index (χ2n) is 5.68. The highest BCUT2D eigenvalue weighted by Gasteiger charge is 2.12. The number of rotatable bonds is 7. The van der Waals surface area contributed by atoms with Crippen molar-refractivity contribution in [2.45, 2.75) is 33.1 Å². The molecule has 2 N–H and O–H groups in total. The molecular weight excluding hydrogens is 348 g/mol. The summed E-state index contributed by atoms with van der Waals surface area (Å²) in [5.74, 6) is -0.0532. The molecule has 0 bridgehead atoms. The molecule has 6 nitrogen and oxygen atoms in total. The van der Waals surface area contributed by atoms with Crippen molar-refractivity contribution in [2.75, 3.05) is 10.6 Å². The molecule has 24 heavy (non-hydrogen) atoms. The number of benzene rings is 1. The van der Waals surface area contributed by atoms with Crippen LogP contribution in [0.5, 0.6) is 0 Å². The molecule has 1 aromatic heterocycles. The molecule has 0 spiro atoms. The molecule has 0 aliphatic heterocycles. The number of nitrogens with one attached hydrogen (secondary N) is 2. The summed E-state index contributed by atoms with van der Waals surface area (Å²) in [5, 5.41) is 15.1. The van der Waals surface area contributed by atoms with Gasteiger partial charge in [-0.3, -0.25) is 9.59 Å². The standard InChI is InChI=1S/C16H19ClN4O2S/c1-10(2)9-15-20-21-16(24-15)19-14(23)8-7-13(22)18-12-6-4-3-5-11(12)17/h3-6,10H,7-9H2,1-2H3,(H,18,22)(H,19,21,23). The molecule has 1 aromatic carbocycles. The quantitative estimate of drug-likeness (QED) is 0.781. The van der Waals surface area contributed by atoms with E-state index in [2.05, 4.69) is 34.7 Å². The molecule has 0 aliphatic rings. The minimum atomic E-state index is -0.268. The van der Waals surface area contributed by atoms with Crippen LogP contribution >= 0.6 is 22.9 Å². The highest BCUT2D eigenvalue weighted by atomic mass is 35.5. The van der Waals surface area contributed by atoms with Gasteiger partial charge in [-0.1, -0.05) is 48.9 Å². The zero-order valence-electron chi connectivity index (χ0n) is 13.5. The topological polar surface area (TPSA) is 84.0 Å². The van der Waals surface area contributed by atoms with Gasteiger partial charge in [0.2, 0.25) is 16.9 Å². The van der Waals surface area contributed by atoms with Crippen molar-refractivity contribution in [1.82, 2.24) is 10.2 Å². The summed E-state index contributed by atoms with van der Waals surface area (Å²) in [6.45, 7) is 4.19. The average Bonchev–Trinajstić information content (AvgIpc) is 2.94. The predicted octanol–water partition coefficient (Wildman–Crippen LogP) is 3.75. The molecule has 0 radical (unpaired) electrons. The van der Waals surface area contributed by atoms with E-state index in [9.17, 15) is 9.59 Å². The molecular formula is C16H19ClN4O2S. The van der Waals surface area contributed by atoms with Crippen molar-refractivity contribution in [1.29, 1.82) is 0 Å². The molecule has 1 heterocycles. The number of carbonyl (C=O) groups excluding carboxylic acids is 2. The predicted molar refractivity (Wildman–Crippen MR) is 96.4 cm³/mol. The van der Waals surface area contributed by atoms with Crippen LogP contribution in [0.3, 0.4) is 0 Å². The summed E-state index contributed by atoms with van der Waals surface area (Å²) in [6.07, 6.45) is 0.956. The largest absolute Gasteiger partial charge is 0.325 e. The van der Waals surface area contributed by atoms with Gasteiger partial charge in [0, 0.05) is 19.3 Å². The summed E-state index contributed by atoms with van der Waals surface area (Å²) in [6, 6.07) is 6.95. The molecule has 0 atom stereocenters. The Morgan fingerprint density at radius 1 is 1.12 bits per heavy atom. The summed E-state index contributed by atoms with van der Waals surface area (Å²) in [4.78, 5) is 23.8. The molecule has 0 aliphatic carbocycles. The normalized spacial score (nSPS) is 10.7. The van der Waals surface area contributed by atoms with Crippen LogP contribution in [0.2, 0.25) is 5.02 Å². The van der Waals surface area contributed by atoms with Crippen molar-refractivity contribution in [2.24, 2.45) is 5.92 Å². The van der Waals surface area contributed by atoms with E-state index >= 15 is 0 Å². The Morgan fingerprint density at radius 3 is 2.46 bits per heavy atom. The van der Waals surface area contributed by atoms with Gasteiger partial charge in [0.05, 0.1) is 10.7 Å². The first-order valence-electron chi connectivity index (χ1n) is 7.60. The van der Waals surface area contributed by atoms with E-state index in [0.717, 1.165) is 11.4 Å². The van der Waals surface area contributed by atoms with E-state index in [1.165, 1.54) is 11.3 Å². The number of anilines is 2. The number of hydrogen-bond acceptors (Lipinski definition) is 5.